The second-order valence-corrected chi connectivity index (χ2v) is 7.67. The number of urea groups is 1. The second-order valence-electron chi connectivity index (χ2n) is 7.67. The summed E-state index contributed by atoms with van der Waals surface area (Å²) in [5.74, 6) is -1.12. The summed E-state index contributed by atoms with van der Waals surface area (Å²) in [5.41, 5.74) is 1.80. The fourth-order valence-electron chi connectivity index (χ4n) is 4.14. The highest BCUT2D eigenvalue weighted by Crippen LogP contribution is 2.24. The van der Waals surface area contributed by atoms with E-state index in [1.807, 2.05) is 42.5 Å². The van der Waals surface area contributed by atoms with Crippen LogP contribution in [-0.4, -0.2) is 46.6 Å². The number of amides is 5. The molecule has 1 N–H and O–H groups in total. The largest absolute Gasteiger partial charge is 0.329 e. The Kier molecular flexibility index (Phi) is 4.78. The van der Waals surface area contributed by atoms with Crippen molar-refractivity contribution in [2.45, 2.75) is 6.42 Å². The molecule has 0 aliphatic carbocycles. The van der Waals surface area contributed by atoms with Crippen molar-refractivity contribution in [1.29, 1.82) is 0 Å². The van der Waals surface area contributed by atoms with Crippen LogP contribution in [0.4, 0.5) is 4.79 Å². The molecule has 2 aliphatic heterocycles. The van der Waals surface area contributed by atoms with Crippen LogP contribution >= 0.6 is 0 Å². The van der Waals surface area contributed by atoms with Gasteiger partial charge in [0.05, 0.1) is 11.1 Å². The van der Waals surface area contributed by atoms with Crippen LogP contribution in [0.25, 0.3) is 16.8 Å². The minimum absolute atomic E-state index is 0.102. The molecular weight excluding hydrogens is 406 g/mol. The van der Waals surface area contributed by atoms with Crippen molar-refractivity contribution in [3.8, 4) is 0 Å². The number of nitrogens with one attached hydrogen (secondary N) is 1. The summed E-state index contributed by atoms with van der Waals surface area (Å²) in [6.45, 7) is 0.233. The van der Waals surface area contributed by atoms with E-state index in [0.29, 0.717) is 17.5 Å². The van der Waals surface area contributed by atoms with E-state index in [-0.39, 0.29) is 30.6 Å². The van der Waals surface area contributed by atoms with E-state index in [9.17, 15) is 19.2 Å². The smallest absolute Gasteiger partial charge is 0.303 e. The number of carbonyl (C=O) groups is 4. The maximum absolute atomic E-state index is 12.8. The summed E-state index contributed by atoms with van der Waals surface area (Å²) < 4.78 is 0. The molecule has 5 amide bonds. The first-order valence-electron chi connectivity index (χ1n) is 10.3. The Hall–Kier alpha value is -4.26. The van der Waals surface area contributed by atoms with E-state index in [2.05, 4.69) is 5.32 Å². The Bertz CT molecular complexity index is 1290. The summed E-state index contributed by atoms with van der Waals surface area (Å²) in [7, 11) is 0. The van der Waals surface area contributed by atoms with Crippen molar-refractivity contribution in [2.75, 3.05) is 13.1 Å². The van der Waals surface area contributed by atoms with Gasteiger partial charge in [-0.15, -0.1) is 0 Å². The van der Waals surface area contributed by atoms with E-state index in [4.69, 9.17) is 0 Å². The van der Waals surface area contributed by atoms with Crippen LogP contribution in [0.15, 0.2) is 72.4 Å². The molecule has 0 radical (unpaired) electrons. The molecule has 32 heavy (non-hydrogen) atoms. The molecule has 158 valence electrons. The number of hydrogen-bond acceptors (Lipinski definition) is 4. The van der Waals surface area contributed by atoms with Gasteiger partial charge in [0.15, 0.2) is 0 Å². The number of carbonyl (C=O) groups excluding carboxylic acids is 4. The Labute approximate surface area is 183 Å². The Morgan fingerprint density at radius 1 is 0.688 bits per heavy atom. The van der Waals surface area contributed by atoms with Crippen molar-refractivity contribution >= 4 is 40.6 Å². The summed E-state index contributed by atoms with van der Waals surface area (Å²) in [4.78, 5) is 52.4. The normalized spacial score (nSPS) is 16.9. The lowest BCUT2D eigenvalue weighted by molar-refractivity contribution is -0.122. The van der Waals surface area contributed by atoms with Crippen LogP contribution in [0.3, 0.4) is 0 Å². The van der Waals surface area contributed by atoms with Gasteiger partial charge in [0.2, 0.25) is 0 Å². The van der Waals surface area contributed by atoms with Crippen molar-refractivity contribution in [1.82, 2.24) is 15.1 Å². The summed E-state index contributed by atoms with van der Waals surface area (Å²) >= 11 is 0. The SMILES string of the molecule is O=C1NC(=Cc2cccc3ccccc23)C(=O)N1CCCN1C(=O)c2ccccc2C1=O. The van der Waals surface area contributed by atoms with E-state index in [1.54, 1.807) is 30.3 Å². The molecule has 0 bridgehead atoms. The maximum Gasteiger partial charge on any atom is 0.329 e. The van der Waals surface area contributed by atoms with Crippen LogP contribution in [0.2, 0.25) is 0 Å². The first-order chi connectivity index (χ1) is 15.5. The van der Waals surface area contributed by atoms with Crippen molar-refractivity contribution < 1.29 is 19.2 Å². The molecule has 2 heterocycles. The summed E-state index contributed by atoms with van der Waals surface area (Å²) in [6.07, 6.45) is 1.97. The summed E-state index contributed by atoms with van der Waals surface area (Å²) in [5, 5.41) is 4.65. The third-order valence-electron chi connectivity index (χ3n) is 5.73. The molecule has 0 spiro atoms. The minimum atomic E-state index is -0.510. The average Bonchev–Trinajstić information content (AvgIpc) is 3.21. The number of imide groups is 2. The van der Waals surface area contributed by atoms with Gasteiger partial charge in [-0.1, -0.05) is 54.6 Å². The minimum Gasteiger partial charge on any atom is -0.303 e. The first kappa shape index (κ1) is 19.7. The molecule has 1 fully saturated rings. The Morgan fingerprint density at radius 3 is 2.06 bits per heavy atom. The molecule has 0 saturated carbocycles. The van der Waals surface area contributed by atoms with E-state index in [0.717, 1.165) is 26.1 Å². The van der Waals surface area contributed by atoms with Crippen LogP contribution in [0.1, 0.15) is 32.7 Å². The Morgan fingerprint density at radius 2 is 1.31 bits per heavy atom. The van der Waals surface area contributed by atoms with Crippen LogP contribution in [-0.2, 0) is 4.79 Å². The monoisotopic (exact) mass is 425 g/mol. The standard InChI is InChI=1S/C25H19N3O4/c29-22-19-11-3-4-12-20(19)23(30)27(22)13-6-14-28-24(31)21(26-25(28)32)15-17-9-5-8-16-7-1-2-10-18(16)17/h1-5,7-12,15H,6,13-14H2,(H,26,32). The van der Waals surface area contributed by atoms with E-state index < -0.39 is 11.9 Å². The number of nitrogens with zero attached hydrogens (tertiary/aromatic N) is 2. The van der Waals surface area contributed by atoms with Gasteiger partial charge in [-0.2, -0.15) is 0 Å². The van der Waals surface area contributed by atoms with Gasteiger partial charge in [0.25, 0.3) is 17.7 Å². The van der Waals surface area contributed by atoms with Gasteiger partial charge >= 0.3 is 6.03 Å². The summed E-state index contributed by atoms with van der Waals surface area (Å²) in [6, 6.07) is 19.7. The van der Waals surface area contributed by atoms with Gasteiger partial charge in [0.1, 0.15) is 5.70 Å². The number of fused-ring (bicyclic) bond motifs is 2. The third-order valence-corrected chi connectivity index (χ3v) is 5.73. The molecule has 1 saturated heterocycles. The van der Waals surface area contributed by atoms with E-state index >= 15 is 0 Å². The highest BCUT2D eigenvalue weighted by molar-refractivity contribution is 6.21. The van der Waals surface area contributed by atoms with Gasteiger partial charge in [-0.05, 0) is 41.0 Å². The van der Waals surface area contributed by atoms with Crippen LogP contribution in [0.5, 0.6) is 0 Å². The second kappa shape index (κ2) is 7.77. The van der Waals surface area contributed by atoms with Gasteiger partial charge < -0.3 is 5.32 Å². The zero-order chi connectivity index (χ0) is 22.2. The predicted octanol–water partition coefficient (Wildman–Crippen LogP) is 3.42. The Balaban J connectivity index is 1.28. The zero-order valence-corrected chi connectivity index (χ0v) is 17.1. The topological polar surface area (TPSA) is 86.8 Å². The average molecular weight is 425 g/mol. The van der Waals surface area contributed by atoms with Crippen LogP contribution in [0, 0.1) is 0 Å². The molecular formula is C25H19N3O4. The highest BCUT2D eigenvalue weighted by Gasteiger charge is 2.36. The fourth-order valence-corrected chi connectivity index (χ4v) is 4.14. The van der Waals surface area contributed by atoms with Crippen molar-refractivity contribution in [2.24, 2.45) is 0 Å². The quantitative estimate of drug-likeness (QED) is 0.386. The molecule has 2 aliphatic rings. The number of rotatable bonds is 5. The molecule has 3 aromatic carbocycles. The molecule has 0 unspecified atom stereocenters. The maximum atomic E-state index is 12.8. The van der Waals surface area contributed by atoms with Gasteiger partial charge in [-0.3, -0.25) is 24.2 Å². The van der Waals surface area contributed by atoms with E-state index in [1.165, 1.54) is 0 Å². The lowest BCUT2D eigenvalue weighted by atomic mass is 10.0. The molecule has 7 heteroatoms. The number of benzene rings is 3. The fraction of sp³-hybridized carbons (Fsp3) is 0.120. The molecule has 7 nitrogen and oxygen atoms in total. The molecule has 0 aromatic heterocycles. The molecule has 3 aromatic rings. The van der Waals surface area contributed by atoms with Crippen LogP contribution < -0.4 is 5.32 Å². The van der Waals surface area contributed by atoms with Gasteiger partial charge in [-0.25, -0.2) is 4.79 Å². The zero-order valence-electron chi connectivity index (χ0n) is 17.1. The molecule has 0 atom stereocenters. The number of hydrogen-bond donors (Lipinski definition) is 1. The highest BCUT2D eigenvalue weighted by atomic mass is 16.2. The predicted molar refractivity (Wildman–Crippen MR) is 119 cm³/mol. The first-order valence-corrected chi connectivity index (χ1v) is 10.3. The lowest BCUT2D eigenvalue weighted by Gasteiger charge is -2.16. The molecule has 5 rings (SSSR count). The lowest BCUT2D eigenvalue weighted by Crippen LogP contribution is -2.36. The van der Waals surface area contributed by atoms with Crippen molar-refractivity contribution in [3.05, 3.63) is 89.1 Å². The van der Waals surface area contributed by atoms with Crippen molar-refractivity contribution in [3.63, 3.8) is 0 Å². The third kappa shape index (κ3) is 3.24. The van der Waals surface area contributed by atoms with Gasteiger partial charge in [0, 0.05) is 13.1 Å².